The molecule has 0 saturated heterocycles. The minimum atomic E-state index is -0.671. The van der Waals surface area contributed by atoms with Gasteiger partial charge in [-0.15, -0.1) is 0 Å². The maximum absolute atomic E-state index is 13.4. The van der Waals surface area contributed by atoms with Gasteiger partial charge < -0.3 is 10.5 Å². The minimum Gasteiger partial charge on any atom is -0.465 e. The van der Waals surface area contributed by atoms with Crippen molar-refractivity contribution >= 4 is 12.0 Å². The molecule has 0 saturated carbocycles. The Morgan fingerprint density at radius 1 is 1.56 bits per heavy atom. The lowest BCUT2D eigenvalue weighted by atomic mass is 10.1. The maximum Gasteiger partial charge on any atom is 0.340 e. The lowest BCUT2D eigenvalue weighted by molar-refractivity contribution is 0.0595. The highest BCUT2D eigenvalue weighted by Gasteiger charge is 2.11. The van der Waals surface area contributed by atoms with Crippen LogP contribution in [0.5, 0.6) is 0 Å². The van der Waals surface area contributed by atoms with Crippen molar-refractivity contribution in [2.75, 3.05) is 13.7 Å². The standard InChI is InChI=1S/C12H14FNO2/c1-16-12(15)10-6-5-9(8-11(10)13)4-2-3-7-14/h2,4-6,8H,3,7,14H2,1H3. The highest BCUT2D eigenvalue weighted by Crippen LogP contribution is 2.12. The molecule has 0 aliphatic rings. The van der Waals surface area contributed by atoms with Gasteiger partial charge in [0, 0.05) is 0 Å². The van der Waals surface area contributed by atoms with E-state index in [9.17, 15) is 9.18 Å². The fraction of sp³-hybridized carbons (Fsp3) is 0.250. The van der Waals surface area contributed by atoms with Crippen LogP contribution < -0.4 is 5.73 Å². The first kappa shape index (κ1) is 12.4. The molecule has 0 aliphatic carbocycles. The van der Waals surface area contributed by atoms with Gasteiger partial charge in [0.15, 0.2) is 0 Å². The predicted molar refractivity (Wildman–Crippen MR) is 60.4 cm³/mol. The molecule has 0 amide bonds. The van der Waals surface area contributed by atoms with Crippen LogP contribution in [0.25, 0.3) is 6.08 Å². The van der Waals surface area contributed by atoms with E-state index < -0.39 is 11.8 Å². The molecule has 0 atom stereocenters. The van der Waals surface area contributed by atoms with Gasteiger partial charge >= 0.3 is 5.97 Å². The molecule has 16 heavy (non-hydrogen) atoms. The van der Waals surface area contributed by atoms with Gasteiger partial charge in [-0.1, -0.05) is 18.2 Å². The average Bonchev–Trinajstić information content (AvgIpc) is 2.29. The molecule has 86 valence electrons. The maximum atomic E-state index is 13.4. The van der Waals surface area contributed by atoms with Crippen molar-refractivity contribution in [3.05, 3.63) is 41.2 Å². The summed E-state index contributed by atoms with van der Waals surface area (Å²) in [6.45, 7) is 0.555. The summed E-state index contributed by atoms with van der Waals surface area (Å²) in [4.78, 5) is 11.1. The summed E-state index contributed by atoms with van der Waals surface area (Å²) < 4.78 is 17.9. The molecule has 1 aromatic rings. The van der Waals surface area contributed by atoms with Crippen LogP contribution in [0.4, 0.5) is 4.39 Å². The third kappa shape index (κ3) is 3.17. The minimum absolute atomic E-state index is 0.0570. The Kier molecular flexibility index (Phi) is 4.66. The van der Waals surface area contributed by atoms with Crippen molar-refractivity contribution in [2.24, 2.45) is 5.73 Å². The summed E-state index contributed by atoms with van der Waals surface area (Å²) in [5, 5.41) is 0. The van der Waals surface area contributed by atoms with Gasteiger partial charge in [-0.05, 0) is 30.7 Å². The molecular formula is C12H14FNO2. The van der Waals surface area contributed by atoms with Gasteiger partial charge in [-0.2, -0.15) is 0 Å². The van der Waals surface area contributed by atoms with Crippen molar-refractivity contribution in [1.29, 1.82) is 0 Å². The van der Waals surface area contributed by atoms with Gasteiger partial charge in [0.1, 0.15) is 5.82 Å². The largest absolute Gasteiger partial charge is 0.465 e. The quantitative estimate of drug-likeness (QED) is 0.794. The van der Waals surface area contributed by atoms with E-state index in [4.69, 9.17) is 5.73 Å². The second-order valence-electron chi connectivity index (χ2n) is 3.21. The van der Waals surface area contributed by atoms with E-state index in [1.165, 1.54) is 19.2 Å². The third-order valence-corrected chi connectivity index (χ3v) is 2.04. The predicted octanol–water partition coefficient (Wildman–Crippen LogP) is 1.97. The fourth-order valence-electron chi connectivity index (χ4n) is 1.23. The zero-order valence-electron chi connectivity index (χ0n) is 9.07. The Bertz CT molecular complexity index is 402. The number of esters is 1. The van der Waals surface area contributed by atoms with E-state index in [1.54, 1.807) is 12.1 Å². The number of rotatable bonds is 4. The number of nitrogens with two attached hydrogens (primary N) is 1. The summed E-state index contributed by atoms with van der Waals surface area (Å²) >= 11 is 0. The number of hydrogen-bond donors (Lipinski definition) is 1. The van der Waals surface area contributed by atoms with E-state index in [0.29, 0.717) is 12.1 Å². The molecule has 0 radical (unpaired) electrons. The summed E-state index contributed by atoms with van der Waals surface area (Å²) in [7, 11) is 1.22. The van der Waals surface area contributed by atoms with Crippen LogP contribution in [0.3, 0.4) is 0 Å². The summed E-state index contributed by atoms with van der Waals surface area (Å²) in [5.41, 5.74) is 5.95. The number of ether oxygens (including phenoxy) is 1. The Hall–Kier alpha value is -1.68. The van der Waals surface area contributed by atoms with Crippen LogP contribution in [0.15, 0.2) is 24.3 Å². The molecule has 4 heteroatoms. The second kappa shape index (κ2) is 6.02. The van der Waals surface area contributed by atoms with Crippen molar-refractivity contribution < 1.29 is 13.9 Å². The summed E-state index contributed by atoms with van der Waals surface area (Å²) in [6.07, 6.45) is 4.35. The molecule has 0 fully saturated rings. The van der Waals surface area contributed by atoms with E-state index in [-0.39, 0.29) is 5.56 Å². The van der Waals surface area contributed by atoms with Crippen LogP contribution in [-0.4, -0.2) is 19.6 Å². The van der Waals surface area contributed by atoms with Crippen LogP contribution in [-0.2, 0) is 4.74 Å². The highest BCUT2D eigenvalue weighted by molar-refractivity contribution is 5.89. The van der Waals surface area contributed by atoms with Crippen LogP contribution in [0.1, 0.15) is 22.3 Å². The van der Waals surface area contributed by atoms with Crippen LogP contribution >= 0.6 is 0 Å². The van der Waals surface area contributed by atoms with Gasteiger partial charge in [-0.3, -0.25) is 0 Å². The molecule has 0 heterocycles. The zero-order valence-corrected chi connectivity index (χ0v) is 9.07. The molecule has 2 N–H and O–H groups in total. The van der Waals surface area contributed by atoms with Gasteiger partial charge in [0.05, 0.1) is 12.7 Å². The SMILES string of the molecule is COC(=O)c1ccc(C=CCCN)cc1F. The molecular weight excluding hydrogens is 209 g/mol. The Balaban J connectivity index is 2.86. The lowest BCUT2D eigenvalue weighted by Crippen LogP contribution is -2.04. The monoisotopic (exact) mass is 223 g/mol. The number of carbonyl (C=O) groups is 1. The smallest absolute Gasteiger partial charge is 0.340 e. The Morgan fingerprint density at radius 3 is 2.88 bits per heavy atom. The molecule has 1 rings (SSSR count). The number of halogens is 1. The highest BCUT2D eigenvalue weighted by atomic mass is 19.1. The Morgan fingerprint density at radius 2 is 2.31 bits per heavy atom. The van der Waals surface area contributed by atoms with E-state index >= 15 is 0 Å². The first-order valence-electron chi connectivity index (χ1n) is 4.93. The van der Waals surface area contributed by atoms with Crippen LogP contribution in [0, 0.1) is 5.82 Å². The van der Waals surface area contributed by atoms with E-state index in [2.05, 4.69) is 4.74 Å². The van der Waals surface area contributed by atoms with Gasteiger partial charge in [0.25, 0.3) is 0 Å². The van der Waals surface area contributed by atoms with Crippen molar-refractivity contribution in [3.8, 4) is 0 Å². The molecule has 0 aliphatic heterocycles. The first-order valence-corrected chi connectivity index (χ1v) is 4.93. The Labute approximate surface area is 93.7 Å². The normalized spacial score (nSPS) is 10.7. The number of hydrogen-bond acceptors (Lipinski definition) is 3. The molecule has 0 aromatic heterocycles. The fourth-order valence-corrected chi connectivity index (χ4v) is 1.23. The third-order valence-electron chi connectivity index (χ3n) is 2.04. The van der Waals surface area contributed by atoms with E-state index in [0.717, 1.165) is 6.42 Å². The molecule has 0 unspecified atom stereocenters. The number of carbonyl (C=O) groups excluding carboxylic acids is 1. The first-order chi connectivity index (χ1) is 7.69. The lowest BCUT2D eigenvalue weighted by Gasteiger charge is -2.01. The van der Waals surface area contributed by atoms with E-state index in [1.807, 2.05) is 6.08 Å². The summed E-state index contributed by atoms with van der Waals surface area (Å²) in [5.74, 6) is -1.25. The van der Waals surface area contributed by atoms with Gasteiger partial charge in [0.2, 0.25) is 0 Å². The molecule has 3 nitrogen and oxygen atoms in total. The van der Waals surface area contributed by atoms with Crippen LogP contribution in [0.2, 0.25) is 0 Å². The topological polar surface area (TPSA) is 52.3 Å². The molecule has 0 bridgehead atoms. The van der Waals surface area contributed by atoms with Crippen molar-refractivity contribution in [2.45, 2.75) is 6.42 Å². The summed E-state index contributed by atoms with van der Waals surface area (Å²) in [6, 6.07) is 4.35. The second-order valence-corrected chi connectivity index (χ2v) is 3.21. The molecule has 0 spiro atoms. The van der Waals surface area contributed by atoms with Crippen molar-refractivity contribution in [1.82, 2.24) is 0 Å². The van der Waals surface area contributed by atoms with Crippen molar-refractivity contribution in [3.63, 3.8) is 0 Å². The van der Waals surface area contributed by atoms with Gasteiger partial charge in [-0.25, -0.2) is 9.18 Å². The number of benzene rings is 1. The molecule has 1 aromatic carbocycles. The zero-order chi connectivity index (χ0) is 12.0. The number of methoxy groups -OCH3 is 1. The average molecular weight is 223 g/mol.